The van der Waals surface area contributed by atoms with Gasteiger partial charge >= 0.3 is 0 Å². The molecule has 2 heteroatoms. The molecule has 0 bridgehead atoms. The number of benzene rings is 2. The second kappa shape index (κ2) is 9.85. The molecule has 0 radical (unpaired) electrons. The number of allylic oxidation sites excluding steroid dienone is 2. The van der Waals surface area contributed by atoms with Gasteiger partial charge in [0.15, 0.2) is 0 Å². The van der Waals surface area contributed by atoms with Crippen LogP contribution in [0.4, 0.5) is 11.4 Å². The van der Waals surface area contributed by atoms with Crippen molar-refractivity contribution in [1.82, 2.24) is 0 Å². The van der Waals surface area contributed by atoms with E-state index in [4.69, 9.17) is 4.99 Å². The van der Waals surface area contributed by atoms with Crippen LogP contribution in [0.1, 0.15) is 114 Å². The number of anilines is 1. The number of aliphatic imine (C=N–C) groups is 1. The SMILES string of the molecule is CC1=Nc2c(C(C)C)cccc2C(C)CCC(C)c2cccc(C(C)C)c2N/C(C)=C\1. The number of nitrogens with zero attached hydrogens (tertiary/aromatic N) is 1. The summed E-state index contributed by atoms with van der Waals surface area (Å²) < 4.78 is 0. The van der Waals surface area contributed by atoms with Crippen LogP contribution < -0.4 is 5.32 Å². The van der Waals surface area contributed by atoms with E-state index >= 15 is 0 Å². The van der Waals surface area contributed by atoms with Gasteiger partial charge in [-0.2, -0.15) is 0 Å². The Morgan fingerprint density at radius 2 is 1.35 bits per heavy atom. The van der Waals surface area contributed by atoms with Crippen molar-refractivity contribution < 1.29 is 0 Å². The molecule has 0 aromatic heterocycles. The molecule has 0 saturated carbocycles. The fourth-order valence-electron chi connectivity index (χ4n) is 4.76. The summed E-state index contributed by atoms with van der Waals surface area (Å²) in [6, 6.07) is 13.5. The van der Waals surface area contributed by atoms with Gasteiger partial charge in [-0.05, 0) is 78.7 Å². The van der Waals surface area contributed by atoms with Gasteiger partial charge in [-0.15, -0.1) is 0 Å². The van der Waals surface area contributed by atoms with E-state index < -0.39 is 0 Å². The van der Waals surface area contributed by atoms with Gasteiger partial charge in [0.2, 0.25) is 0 Å². The van der Waals surface area contributed by atoms with Crippen LogP contribution in [0.2, 0.25) is 0 Å². The van der Waals surface area contributed by atoms with Crippen molar-refractivity contribution in [3.8, 4) is 0 Å². The molecule has 1 aliphatic heterocycles. The minimum atomic E-state index is 0.453. The Kier molecular flexibility index (Phi) is 7.41. The molecule has 2 unspecified atom stereocenters. The van der Waals surface area contributed by atoms with Crippen LogP contribution in [-0.4, -0.2) is 5.71 Å². The molecule has 2 aromatic carbocycles. The normalized spacial score (nSPS) is 21.6. The van der Waals surface area contributed by atoms with Crippen LogP contribution in [0.25, 0.3) is 0 Å². The highest BCUT2D eigenvalue weighted by Crippen LogP contribution is 2.40. The average molecular weight is 417 g/mol. The molecule has 31 heavy (non-hydrogen) atoms. The Hall–Kier alpha value is -2.35. The highest BCUT2D eigenvalue weighted by molar-refractivity contribution is 5.96. The summed E-state index contributed by atoms with van der Waals surface area (Å²) in [5, 5.41) is 3.76. The predicted octanol–water partition coefficient (Wildman–Crippen LogP) is 9.04. The number of hydrogen-bond acceptors (Lipinski definition) is 2. The monoisotopic (exact) mass is 416 g/mol. The van der Waals surface area contributed by atoms with Gasteiger partial charge in [-0.1, -0.05) is 77.9 Å². The van der Waals surface area contributed by atoms with E-state index in [1.165, 1.54) is 33.6 Å². The van der Waals surface area contributed by atoms with Gasteiger partial charge in [0.05, 0.1) is 5.69 Å². The summed E-state index contributed by atoms with van der Waals surface area (Å²) in [6.07, 6.45) is 4.51. The lowest BCUT2D eigenvalue weighted by atomic mass is 9.85. The average Bonchev–Trinajstić information content (AvgIpc) is 2.71. The Bertz CT molecular complexity index is 978. The maximum absolute atomic E-state index is 5.16. The Balaban J connectivity index is 2.16. The van der Waals surface area contributed by atoms with Crippen LogP contribution in [0.15, 0.2) is 53.2 Å². The third-order valence-electron chi connectivity index (χ3n) is 6.60. The second-order valence-electron chi connectivity index (χ2n) is 9.99. The van der Waals surface area contributed by atoms with Crippen molar-refractivity contribution in [3.63, 3.8) is 0 Å². The lowest BCUT2D eigenvalue weighted by molar-refractivity contribution is 0.574. The van der Waals surface area contributed by atoms with E-state index in [-0.39, 0.29) is 0 Å². The maximum atomic E-state index is 5.16. The molecule has 0 amide bonds. The highest BCUT2D eigenvalue weighted by Gasteiger charge is 2.20. The molecule has 2 atom stereocenters. The topological polar surface area (TPSA) is 24.4 Å². The first-order valence-corrected chi connectivity index (χ1v) is 11.9. The van der Waals surface area contributed by atoms with E-state index in [2.05, 4.69) is 103 Å². The van der Waals surface area contributed by atoms with Crippen molar-refractivity contribution >= 4 is 17.1 Å². The van der Waals surface area contributed by atoms with E-state index in [9.17, 15) is 0 Å². The van der Waals surface area contributed by atoms with E-state index in [0.29, 0.717) is 23.7 Å². The highest BCUT2D eigenvalue weighted by atomic mass is 14.9. The molecule has 0 spiro atoms. The van der Waals surface area contributed by atoms with Crippen LogP contribution in [0, 0.1) is 0 Å². The van der Waals surface area contributed by atoms with Crippen molar-refractivity contribution in [2.24, 2.45) is 4.99 Å². The zero-order valence-corrected chi connectivity index (χ0v) is 20.7. The van der Waals surface area contributed by atoms with Crippen LogP contribution >= 0.6 is 0 Å². The number of hydrogen-bond donors (Lipinski definition) is 1. The van der Waals surface area contributed by atoms with Gasteiger partial charge < -0.3 is 5.32 Å². The summed E-state index contributed by atoms with van der Waals surface area (Å²) in [5.74, 6) is 1.90. The molecular formula is C29H40N2. The molecule has 3 rings (SSSR count). The van der Waals surface area contributed by atoms with Crippen molar-refractivity contribution in [1.29, 1.82) is 0 Å². The molecule has 2 nitrogen and oxygen atoms in total. The minimum absolute atomic E-state index is 0.453. The van der Waals surface area contributed by atoms with Crippen molar-refractivity contribution in [2.45, 2.75) is 91.9 Å². The predicted molar refractivity (Wildman–Crippen MR) is 137 cm³/mol. The summed E-state index contributed by atoms with van der Waals surface area (Å²) in [7, 11) is 0. The number of nitrogens with one attached hydrogen (secondary N) is 1. The fourth-order valence-corrected chi connectivity index (χ4v) is 4.76. The van der Waals surface area contributed by atoms with E-state index in [1.807, 2.05) is 0 Å². The molecule has 0 fully saturated rings. The summed E-state index contributed by atoms with van der Waals surface area (Å²) in [6.45, 7) is 18.1. The largest absolute Gasteiger partial charge is 0.359 e. The first-order chi connectivity index (χ1) is 14.7. The van der Waals surface area contributed by atoms with Crippen LogP contribution in [0.5, 0.6) is 0 Å². The Labute approximate surface area is 189 Å². The molecular weight excluding hydrogens is 376 g/mol. The van der Waals surface area contributed by atoms with Crippen LogP contribution in [-0.2, 0) is 0 Å². The smallest absolute Gasteiger partial charge is 0.0702 e. The van der Waals surface area contributed by atoms with Crippen LogP contribution in [0.3, 0.4) is 0 Å². The van der Waals surface area contributed by atoms with Gasteiger partial charge in [0.25, 0.3) is 0 Å². The molecule has 166 valence electrons. The zero-order chi connectivity index (χ0) is 22.7. The Morgan fingerprint density at radius 3 is 1.97 bits per heavy atom. The second-order valence-corrected chi connectivity index (χ2v) is 9.99. The zero-order valence-electron chi connectivity index (χ0n) is 20.7. The summed E-state index contributed by atoms with van der Waals surface area (Å²) in [5.41, 5.74) is 10.2. The van der Waals surface area contributed by atoms with Crippen molar-refractivity contribution in [2.75, 3.05) is 5.32 Å². The standard InChI is InChI=1S/C29H40N2/c1-18(2)24-11-9-13-26-20(5)15-16-21(6)27-14-10-12-25(19(3)4)29(27)31-23(8)17-22(7)30-28(24)26/h9-14,17-21,30H,15-16H2,1-8H3/b22-17-,31-23?. The summed E-state index contributed by atoms with van der Waals surface area (Å²) in [4.78, 5) is 5.16. The number of rotatable bonds is 2. The molecule has 2 aromatic rings. The molecule has 0 aliphatic carbocycles. The first kappa shape index (κ1) is 23.3. The third kappa shape index (κ3) is 5.29. The summed E-state index contributed by atoms with van der Waals surface area (Å²) >= 11 is 0. The van der Waals surface area contributed by atoms with Gasteiger partial charge in [-0.25, -0.2) is 0 Å². The maximum Gasteiger partial charge on any atom is 0.0702 e. The number of para-hydroxylation sites is 2. The first-order valence-electron chi connectivity index (χ1n) is 11.9. The van der Waals surface area contributed by atoms with E-state index in [1.54, 1.807) is 0 Å². The van der Waals surface area contributed by atoms with Gasteiger partial charge in [-0.3, -0.25) is 4.99 Å². The lowest BCUT2D eigenvalue weighted by Gasteiger charge is -2.24. The van der Waals surface area contributed by atoms with E-state index in [0.717, 1.165) is 24.3 Å². The third-order valence-corrected chi connectivity index (χ3v) is 6.60. The fraction of sp³-hybridized carbons (Fsp3) is 0.483. The number of fused-ring (bicyclic) bond motifs is 2. The lowest BCUT2D eigenvalue weighted by Crippen LogP contribution is -2.08. The molecule has 0 saturated heterocycles. The Morgan fingerprint density at radius 1 is 0.806 bits per heavy atom. The van der Waals surface area contributed by atoms with Gasteiger partial charge in [0.1, 0.15) is 0 Å². The quantitative estimate of drug-likeness (QED) is 0.519. The van der Waals surface area contributed by atoms with Crippen molar-refractivity contribution in [3.05, 3.63) is 70.4 Å². The molecule has 1 aliphatic rings. The minimum Gasteiger partial charge on any atom is -0.359 e. The molecule has 1 heterocycles. The van der Waals surface area contributed by atoms with Gasteiger partial charge in [0, 0.05) is 17.1 Å². The molecule has 1 N–H and O–H groups in total.